The molecule has 1 aromatic rings. The largest absolute Gasteiger partial charge is 1.00 e. The Hall–Kier alpha value is -2.11. The van der Waals surface area contributed by atoms with Gasteiger partial charge >= 0.3 is 0 Å². The lowest BCUT2D eigenvalue weighted by Crippen LogP contribution is -3.00. The van der Waals surface area contributed by atoms with Gasteiger partial charge < -0.3 is 31.5 Å². The molecule has 11 heteroatoms. The summed E-state index contributed by atoms with van der Waals surface area (Å²) in [6, 6.07) is 2.30. The van der Waals surface area contributed by atoms with Gasteiger partial charge in [0.2, 0.25) is 0 Å². The number of benzene rings is 1. The van der Waals surface area contributed by atoms with Crippen molar-refractivity contribution in [3.05, 3.63) is 23.3 Å². The van der Waals surface area contributed by atoms with E-state index >= 15 is 0 Å². The number of nitrogens with one attached hydrogen (secondary N) is 2. The first-order valence-electron chi connectivity index (χ1n) is 7.59. The van der Waals surface area contributed by atoms with Gasteiger partial charge in [0.15, 0.2) is 0 Å². The first kappa shape index (κ1) is 23.9. The third-order valence-corrected chi connectivity index (χ3v) is 3.24. The fourth-order valence-corrected chi connectivity index (χ4v) is 1.85. The number of hydrogen-bond acceptors (Lipinski definition) is 7. The summed E-state index contributed by atoms with van der Waals surface area (Å²) < 4.78 is 11.7. The molecule has 0 radical (unpaired) electrons. The van der Waals surface area contributed by atoms with Gasteiger partial charge in [0, 0.05) is 0 Å². The molecule has 0 aliphatic rings. The number of phenols is 1. The Kier molecular flexibility index (Phi) is 9.91. The number of nitrogen functional groups attached to an aromatic ring is 2. The molecule has 10 nitrogen and oxygen atoms in total. The Morgan fingerprint density at radius 3 is 2.15 bits per heavy atom. The number of amides is 2. The Morgan fingerprint density at radius 1 is 1.04 bits per heavy atom. The number of likely N-dealkylation sites (N-methyl/N-ethyl adjacent to an activating group) is 1. The smallest absolute Gasteiger partial charge is 0.269 e. The number of hydrogen-bond donors (Lipinski definition) is 5. The highest BCUT2D eigenvalue weighted by Crippen LogP contribution is 2.28. The van der Waals surface area contributed by atoms with E-state index < -0.39 is 17.6 Å². The summed E-state index contributed by atoms with van der Waals surface area (Å²) in [7, 11) is 6.16. The number of rotatable bonds is 9. The third-order valence-electron chi connectivity index (χ3n) is 3.24. The number of hydrazine groups is 2. The van der Waals surface area contributed by atoms with Crippen LogP contribution in [0.25, 0.3) is 0 Å². The van der Waals surface area contributed by atoms with Crippen molar-refractivity contribution in [1.29, 1.82) is 0 Å². The molecule has 1 rings (SSSR count). The lowest BCUT2D eigenvalue weighted by molar-refractivity contribution is -0.870. The number of halogens is 1. The van der Waals surface area contributed by atoms with Gasteiger partial charge in [-0.15, -0.1) is 0 Å². The highest BCUT2D eigenvalue weighted by atomic mass is 35.5. The topological polar surface area (TPSA) is 149 Å². The average Bonchev–Trinajstić information content (AvgIpc) is 2.56. The Labute approximate surface area is 158 Å². The van der Waals surface area contributed by atoms with E-state index in [0.29, 0.717) is 13.2 Å². The molecule has 0 unspecified atom stereocenters. The SMILES string of the molecule is C[N+](C)(C)CCOCCOc1cc(C(=O)NN)c(O)cc1C(=O)NN.[Cl-]. The number of aromatic hydroxyl groups is 1. The fraction of sp³-hybridized carbons (Fsp3) is 0.467. The summed E-state index contributed by atoms with van der Waals surface area (Å²) in [4.78, 5) is 23.4. The minimum atomic E-state index is -0.721. The standard InChI is InChI=1S/C15H25N5O5.ClH/c1-20(2,3)4-5-24-6-7-25-13-9-10(14(22)18-16)12(21)8-11(13)15(23)19-17;/h8-9H,4-7H2,1-3H3,(H6-,16,17,18,19,21,22,23);1H. The summed E-state index contributed by atoms with van der Waals surface area (Å²) in [5.74, 6) is 8.45. The number of nitrogens with two attached hydrogens (primary N) is 2. The molecule has 0 saturated heterocycles. The minimum Gasteiger partial charge on any atom is -1.00 e. The van der Waals surface area contributed by atoms with Gasteiger partial charge in [-0.25, -0.2) is 11.7 Å². The lowest BCUT2D eigenvalue weighted by atomic mass is 10.1. The fourth-order valence-electron chi connectivity index (χ4n) is 1.85. The third kappa shape index (κ3) is 7.42. The Bertz CT molecular complexity index is 621. The minimum absolute atomic E-state index is 0. The van der Waals surface area contributed by atoms with Gasteiger partial charge in [-0.2, -0.15) is 0 Å². The summed E-state index contributed by atoms with van der Waals surface area (Å²) in [6.45, 7) is 1.83. The average molecular weight is 392 g/mol. The van der Waals surface area contributed by atoms with Crippen LogP contribution in [0.5, 0.6) is 11.5 Å². The van der Waals surface area contributed by atoms with Crippen LogP contribution >= 0.6 is 0 Å². The van der Waals surface area contributed by atoms with Crippen LogP contribution in [0.4, 0.5) is 0 Å². The molecule has 0 heterocycles. The lowest BCUT2D eigenvalue weighted by Gasteiger charge is -2.23. The molecule has 0 aromatic heterocycles. The van der Waals surface area contributed by atoms with E-state index in [2.05, 4.69) is 21.1 Å². The maximum absolute atomic E-state index is 11.8. The van der Waals surface area contributed by atoms with Gasteiger partial charge in [-0.05, 0) is 12.1 Å². The van der Waals surface area contributed by atoms with E-state index in [0.717, 1.165) is 17.1 Å². The second-order valence-corrected chi connectivity index (χ2v) is 6.29. The molecular formula is C15H26ClN5O5. The molecule has 2 amide bonds. The summed E-state index contributed by atoms with van der Waals surface area (Å²) >= 11 is 0. The zero-order valence-corrected chi connectivity index (χ0v) is 15.8. The normalized spacial score (nSPS) is 10.7. The molecular weight excluding hydrogens is 366 g/mol. The quantitative estimate of drug-likeness (QED) is 0.0939. The van der Waals surface area contributed by atoms with E-state index in [1.54, 1.807) is 0 Å². The van der Waals surface area contributed by atoms with Crippen molar-refractivity contribution in [2.24, 2.45) is 11.7 Å². The molecule has 0 atom stereocenters. The molecule has 0 saturated carbocycles. The van der Waals surface area contributed by atoms with Gasteiger partial charge in [-0.3, -0.25) is 20.4 Å². The van der Waals surface area contributed by atoms with E-state index in [4.69, 9.17) is 21.2 Å². The monoisotopic (exact) mass is 391 g/mol. The number of nitrogens with zero attached hydrogens (tertiary/aromatic N) is 1. The van der Waals surface area contributed by atoms with E-state index in [-0.39, 0.29) is 35.9 Å². The van der Waals surface area contributed by atoms with Crippen LogP contribution in [-0.2, 0) is 4.74 Å². The number of carbonyl (C=O) groups is 2. The van der Waals surface area contributed by atoms with Crippen molar-refractivity contribution in [3.8, 4) is 11.5 Å². The zero-order chi connectivity index (χ0) is 19.0. The van der Waals surface area contributed by atoms with Crippen LogP contribution in [0.2, 0.25) is 0 Å². The number of ether oxygens (including phenoxy) is 2. The maximum Gasteiger partial charge on any atom is 0.269 e. The van der Waals surface area contributed by atoms with Crippen LogP contribution in [-0.4, -0.2) is 68.9 Å². The maximum atomic E-state index is 11.8. The molecule has 0 spiro atoms. The van der Waals surface area contributed by atoms with Crippen molar-refractivity contribution in [3.63, 3.8) is 0 Å². The zero-order valence-electron chi connectivity index (χ0n) is 15.0. The second kappa shape index (κ2) is 10.8. The number of carbonyl (C=O) groups excluding carboxylic acids is 2. The molecule has 1 aromatic carbocycles. The molecule has 0 aliphatic carbocycles. The van der Waals surface area contributed by atoms with Crippen molar-refractivity contribution in [1.82, 2.24) is 10.9 Å². The van der Waals surface area contributed by atoms with Crippen LogP contribution in [0.15, 0.2) is 12.1 Å². The predicted octanol–water partition coefficient (Wildman–Crippen LogP) is -4.30. The van der Waals surface area contributed by atoms with Crippen LogP contribution in [0.1, 0.15) is 20.7 Å². The van der Waals surface area contributed by atoms with Crippen molar-refractivity contribution < 1.29 is 41.1 Å². The second-order valence-electron chi connectivity index (χ2n) is 6.29. The molecule has 26 heavy (non-hydrogen) atoms. The molecule has 7 N–H and O–H groups in total. The van der Waals surface area contributed by atoms with E-state index in [1.807, 2.05) is 10.9 Å². The first-order chi connectivity index (χ1) is 11.7. The van der Waals surface area contributed by atoms with Crippen molar-refractivity contribution in [2.75, 3.05) is 47.5 Å². The van der Waals surface area contributed by atoms with Crippen molar-refractivity contribution in [2.45, 2.75) is 0 Å². The van der Waals surface area contributed by atoms with Gasteiger partial charge in [0.1, 0.15) is 24.7 Å². The summed E-state index contributed by atoms with van der Waals surface area (Å²) in [5.41, 5.74) is 3.71. The Morgan fingerprint density at radius 2 is 1.62 bits per heavy atom. The highest BCUT2D eigenvalue weighted by molar-refractivity contribution is 6.01. The number of quaternary nitrogens is 1. The molecule has 148 valence electrons. The molecule has 0 bridgehead atoms. The van der Waals surface area contributed by atoms with Gasteiger partial charge in [0.05, 0.1) is 45.5 Å². The molecule has 0 fully saturated rings. The number of phenolic OH excluding ortho intramolecular Hbond substituents is 1. The summed E-state index contributed by atoms with van der Waals surface area (Å²) in [6.07, 6.45) is 0. The Balaban J connectivity index is 0.00000625. The predicted molar refractivity (Wildman–Crippen MR) is 90.6 cm³/mol. The first-order valence-corrected chi connectivity index (χ1v) is 7.59. The van der Waals surface area contributed by atoms with Gasteiger partial charge in [0.25, 0.3) is 11.8 Å². The van der Waals surface area contributed by atoms with E-state index in [1.165, 1.54) is 6.07 Å². The van der Waals surface area contributed by atoms with Crippen molar-refractivity contribution >= 4 is 11.8 Å². The van der Waals surface area contributed by atoms with Gasteiger partial charge in [-0.1, -0.05) is 0 Å². The highest BCUT2D eigenvalue weighted by Gasteiger charge is 2.19. The molecule has 0 aliphatic heterocycles. The van der Waals surface area contributed by atoms with E-state index in [9.17, 15) is 14.7 Å². The van der Waals surface area contributed by atoms with Crippen LogP contribution in [0.3, 0.4) is 0 Å². The van der Waals surface area contributed by atoms with Crippen LogP contribution in [0, 0.1) is 0 Å². The van der Waals surface area contributed by atoms with Crippen LogP contribution < -0.4 is 39.7 Å². The summed E-state index contributed by atoms with van der Waals surface area (Å²) in [5, 5.41) is 9.86.